The number of nitriles is 1. The number of sulfone groups is 1. The molecule has 5 nitrogen and oxygen atoms in total. The molecule has 0 aromatic heterocycles. The Morgan fingerprint density at radius 1 is 1.18 bits per heavy atom. The summed E-state index contributed by atoms with van der Waals surface area (Å²) in [6.07, 6.45) is 2.41. The van der Waals surface area contributed by atoms with Gasteiger partial charge in [0, 0.05) is 23.4 Å². The van der Waals surface area contributed by atoms with Crippen LogP contribution in [-0.4, -0.2) is 26.6 Å². The van der Waals surface area contributed by atoms with Crippen molar-refractivity contribution in [1.29, 1.82) is 5.26 Å². The third-order valence-corrected chi connectivity index (χ3v) is 4.91. The first-order chi connectivity index (χ1) is 13.1. The number of hydrogen-bond acceptors (Lipinski definition) is 4. The van der Waals surface area contributed by atoms with Crippen LogP contribution in [0.15, 0.2) is 47.4 Å². The Hall–Kier alpha value is -2.98. The van der Waals surface area contributed by atoms with Crippen molar-refractivity contribution in [1.82, 2.24) is 5.32 Å². The van der Waals surface area contributed by atoms with Gasteiger partial charge in [-0.15, -0.1) is 0 Å². The molecule has 0 aliphatic heterocycles. The van der Waals surface area contributed by atoms with E-state index in [9.17, 15) is 17.6 Å². The second kappa shape index (κ2) is 8.81. The summed E-state index contributed by atoms with van der Waals surface area (Å²) < 4.78 is 37.2. The van der Waals surface area contributed by atoms with E-state index >= 15 is 0 Å². The highest BCUT2D eigenvalue weighted by Crippen LogP contribution is 2.19. The topological polar surface area (TPSA) is 87.0 Å². The summed E-state index contributed by atoms with van der Waals surface area (Å²) in [5.74, 6) is -0.763. The van der Waals surface area contributed by atoms with Gasteiger partial charge in [-0.25, -0.2) is 12.8 Å². The number of nitrogens with zero attached hydrogens (tertiary/aromatic N) is 1. The second-order valence-corrected chi connectivity index (χ2v) is 8.73. The molecule has 0 spiro atoms. The molecule has 2 rings (SSSR count). The van der Waals surface area contributed by atoms with E-state index in [2.05, 4.69) is 5.32 Å². The smallest absolute Gasteiger partial charge is 0.251 e. The van der Waals surface area contributed by atoms with Crippen molar-refractivity contribution in [3.63, 3.8) is 0 Å². The van der Waals surface area contributed by atoms with Crippen LogP contribution >= 0.6 is 0 Å². The first-order valence-electron chi connectivity index (χ1n) is 8.60. The van der Waals surface area contributed by atoms with Crippen molar-refractivity contribution < 1.29 is 17.6 Å². The van der Waals surface area contributed by atoms with Crippen LogP contribution in [0.25, 0.3) is 6.08 Å². The number of amides is 1. The van der Waals surface area contributed by atoms with E-state index in [1.165, 1.54) is 12.1 Å². The molecular formula is C21H21FN2O3S. The molecule has 0 saturated carbocycles. The number of carbonyl (C=O) groups is 1. The standard InChI is InChI=1S/C21H21FN2O3S/c1-14(2)24-21(25)17-7-4-15(5-8-17)10-16-6-9-20(22)18(11-16)12-19(13-23)28(3,26)27/h4-9,11-12,14H,10H2,1-3H3,(H,24,25)/b19-12+. The molecule has 0 aliphatic carbocycles. The molecule has 0 bridgehead atoms. The monoisotopic (exact) mass is 400 g/mol. The third kappa shape index (κ3) is 5.76. The van der Waals surface area contributed by atoms with Gasteiger partial charge in [0.1, 0.15) is 16.8 Å². The fraction of sp³-hybridized carbons (Fsp3) is 0.238. The Morgan fingerprint density at radius 2 is 1.79 bits per heavy atom. The van der Waals surface area contributed by atoms with Crippen molar-refractivity contribution in [3.8, 4) is 6.07 Å². The number of rotatable bonds is 6. The molecule has 7 heteroatoms. The van der Waals surface area contributed by atoms with Gasteiger partial charge >= 0.3 is 0 Å². The largest absolute Gasteiger partial charge is 0.350 e. The van der Waals surface area contributed by atoms with Gasteiger partial charge in [-0.2, -0.15) is 5.26 Å². The van der Waals surface area contributed by atoms with Gasteiger partial charge in [0.25, 0.3) is 5.91 Å². The summed E-state index contributed by atoms with van der Waals surface area (Å²) >= 11 is 0. The lowest BCUT2D eigenvalue weighted by molar-refractivity contribution is 0.0943. The van der Waals surface area contributed by atoms with Gasteiger partial charge in [0.2, 0.25) is 0 Å². The van der Waals surface area contributed by atoms with Crippen molar-refractivity contribution in [2.24, 2.45) is 0 Å². The molecule has 0 fully saturated rings. The summed E-state index contributed by atoms with van der Waals surface area (Å²) in [5, 5.41) is 11.8. The number of nitrogens with one attached hydrogen (secondary N) is 1. The minimum Gasteiger partial charge on any atom is -0.350 e. The molecule has 2 aromatic carbocycles. The molecule has 0 radical (unpaired) electrons. The highest BCUT2D eigenvalue weighted by Gasteiger charge is 2.13. The minimum atomic E-state index is -3.73. The highest BCUT2D eigenvalue weighted by molar-refractivity contribution is 7.95. The van der Waals surface area contributed by atoms with Crippen LogP contribution in [0, 0.1) is 17.1 Å². The lowest BCUT2D eigenvalue weighted by atomic mass is 10.0. The van der Waals surface area contributed by atoms with E-state index in [-0.39, 0.29) is 17.5 Å². The highest BCUT2D eigenvalue weighted by atomic mass is 32.2. The summed E-state index contributed by atoms with van der Waals surface area (Å²) in [6, 6.07) is 13.0. The zero-order chi connectivity index (χ0) is 20.9. The second-order valence-electron chi connectivity index (χ2n) is 6.75. The molecule has 0 unspecified atom stereocenters. The first-order valence-corrected chi connectivity index (χ1v) is 10.5. The third-order valence-electron chi connectivity index (χ3n) is 3.90. The van der Waals surface area contributed by atoms with Crippen LogP contribution in [0.5, 0.6) is 0 Å². The Kier molecular flexibility index (Phi) is 6.71. The van der Waals surface area contributed by atoms with Crippen LogP contribution in [0.2, 0.25) is 0 Å². The van der Waals surface area contributed by atoms with E-state index in [0.717, 1.165) is 23.5 Å². The fourth-order valence-corrected chi connectivity index (χ4v) is 3.04. The van der Waals surface area contributed by atoms with E-state index in [1.54, 1.807) is 24.3 Å². The van der Waals surface area contributed by atoms with Gasteiger partial charge < -0.3 is 5.32 Å². The number of benzene rings is 2. The van der Waals surface area contributed by atoms with Gasteiger partial charge in [0.05, 0.1) is 0 Å². The molecular weight excluding hydrogens is 379 g/mol. The number of halogens is 1. The van der Waals surface area contributed by atoms with Gasteiger partial charge in [-0.3, -0.25) is 4.79 Å². The molecule has 28 heavy (non-hydrogen) atoms. The summed E-state index contributed by atoms with van der Waals surface area (Å²) in [6.45, 7) is 3.77. The Labute approximate surface area is 164 Å². The van der Waals surface area contributed by atoms with Crippen molar-refractivity contribution in [2.45, 2.75) is 26.3 Å². The normalized spacial score (nSPS) is 11.9. The van der Waals surface area contributed by atoms with Crippen LogP contribution in [0.4, 0.5) is 4.39 Å². The molecule has 1 amide bonds. The zero-order valence-electron chi connectivity index (χ0n) is 15.9. The van der Waals surface area contributed by atoms with Crippen LogP contribution in [-0.2, 0) is 16.3 Å². The van der Waals surface area contributed by atoms with Gasteiger partial charge in [-0.05, 0) is 61.7 Å². The molecule has 0 saturated heterocycles. The maximum absolute atomic E-state index is 14.0. The quantitative estimate of drug-likeness (QED) is 0.752. The van der Waals surface area contributed by atoms with E-state index in [1.807, 2.05) is 26.0 Å². The molecule has 2 aromatic rings. The summed E-state index contributed by atoms with van der Waals surface area (Å²) in [5.41, 5.74) is 2.24. The van der Waals surface area contributed by atoms with Gasteiger partial charge in [0.15, 0.2) is 9.84 Å². The lowest BCUT2D eigenvalue weighted by Crippen LogP contribution is -2.29. The molecule has 146 valence electrons. The fourth-order valence-electron chi connectivity index (χ4n) is 2.53. The van der Waals surface area contributed by atoms with Crippen molar-refractivity contribution in [2.75, 3.05) is 6.26 Å². The first kappa shape index (κ1) is 21.3. The van der Waals surface area contributed by atoms with Crippen LogP contribution in [0.3, 0.4) is 0 Å². The van der Waals surface area contributed by atoms with Crippen LogP contribution < -0.4 is 5.32 Å². The number of hydrogen-bond donors (Lipinski definition) is 1. The predicted molar refractivity (Wildman–Crippen MR) is 107 cm³/mol. The molecule has 0 atom stereocenters. The Bertz CT molecular complexity index is 1050. The SMILES string of the molecule is CC(C)NC(=O)c1ccc(Cc2ccc(F)c(/C=C(\C#N)S(C)(=O)=O)c2)cc1. The number of carbonyl (C=O) groups excluding carboxylic acids is 1. The van der Waals surface area contributed by atoms with Gasteiger partial charge in [-0.1, -0.05) is 18.2 Å². The summed E-state index contributed by atoms with van der Waals surface area (Å²) in [4.78, 5) is 11.5. The molecule has 0 aliphatic rings. The maximum Gasteiger partial charge on any atom is 0.251 e. The maximum atomic E-state index is 14.0. The summed E-state index contributed by atoms with van der Waals surface area (Å²) in [7, 11) is -3.73. The minimum absolute atomic E-state index is 0.0346. The number of allylic oxidation sites excluding steroid dienone is 1. The van der Waals surface area contributed by atoms with Crippen molar-refractivity contribution in [3.05, 3.63) is 75.4 Å². The molecule has 0 heterocycles. The predicted octanol–water partition coefficient (Wildman–Crippen LogP) is 3.46. The Balaban J connectivity index is 2.25. The van der Waals surface area contributed by atoms with E-state index in [0.29, 0.717) is 12.0 Å². The average Bonchev–Trinajstić information content (AvgIpc) is 2.61. The van der Waals surface area contributed by atoms with Crippen molar-refractivity contribution >= 4 is 21.8 Å². The lowest BCUT2D eigenvalue weighted by Gasteiger charge is -2.09. The van der Waals surface area contributed by atoms with E-state index < -0.39 is 20.6 Å². The van der Waals surface area contributed by atoms with E-state index in [4.69, 9.17) is 5.26 Å². The molecule has 1 N–H and O–H groups in total. The zero-order valence-corrected chi connectivity index (χ0v) is 16.7. The van der Waals surface area contributed by atoms with Crippen LogP contribution in [0.1, 0.15) is 40.9 Å². The average molecular weight is 400 g/mol. The Morgan fingerprint density at radius 3 is 2.32 bits per heavy atom.